The summed E-state index contributed by atoms with van der Waals surface area (Å²) in [5.74, 6) is 1.77. The number of rotatable bonds is 8. The topological polar surface area (TPSA) is 21.3 Å². The van der Waals surface area contributed by atoms with Gasteiger partial charge in [0.15, 0.2) is 0 Å². The standard InChI is InChI=1S/C16H35NO/c1-12(2)10-11-14(5)15(6,7)18-16(8,17-9)13(3)4/h12-14,17H,10-11H2,1-9H3. The van der Waals surface area contributed by atoms with Gasteiger partial charge in [-0.2, -0.15) is 0 Å². The third kappa shape index (κ3) is 5.27. The summed E-state index contributed by atoms with van der Waals surface area (Å²) in [6, 6.07) is 0. The van der Waals surface area contributed by atoms with Crippen LogP contribution in [-0.2, 0) is 4.74 Å². The number of ether oxygens (including phenoxy) is 1. The van der Waals surface area contributed by atoms with E-state index in [1.807, 2.05) is 7.05 Å². The van der Waals surface area contributed by atoms with Crippen molar-refractivity contribution in [2.75, 3.05) is 7.05 Å². The Hall–Kier alpha value is -0.0800. The highest BCUT2D eigenvalue weighted by Gasteiger charge is 2.37. The number of nitrogens with one attached hydrogen (secondary N) is 1. The summed E-state index contributed by atoms with van der Waals surface area (Å²) in [7, 11) is 1.98. The van der Waals surface area contributed by atoms with Gasteiger partial charge in [-0.15, -0.1) is 0 Å². The zero-order chi connectivity index (χ0) is 14.6. The molecule has 0 aromatic heterocycles. The second-order valence-electron chi connectivity index (χ2n) is 7.09. The van der Waals surface area contributed by atoms with Crippen molar-refractivity contribution in [1.82, 2.24) is 5.32 Å². The zero-order valence-electron chi connectivity index (χ0n) is 14.1. The highest BCUT2D eigenvalue weighted by molar-refractivity contribution is 4.84. The van der Waals surface area contributed by atoms with E-state index in [-0.39, 0.29) is 11.3 Å². The summed E-state index contributed by atoms with van der Waals surface area (Å²) in [6.45, 7) is 17.9. The van der Waals surface area contributed by atoms with Crippen molar-refractivity contribution >= 4 is 0 Å². The molecule has 18 heavy (non-hydrogen) atoms. The molecule has 0 aromatic rings. The molecule has 0 aliphatic heterocycles. The summed E-state index contributed by atoms with van der Waals surface area (Å²) in [4.78, 5) is 0. The molecule has 0 bridgehead atoms. The third-order valence-electron chi connectivity index (χ3n) is 4.44. The summed E-state index contributed by atoms with van der Waals surface area (Å²) in [6.07, 6.45) is 2.49. The maximum atomic E-state index is 6.42. The first-order valence-electron chi connectivity index (χ1n) is 7.44. The van der Waals surface area contributed by atoms with E-state index in [1.165, 1.54) is 12.8 Å². The van der Waals surface area contributed by atoms with E-state index in [1.54, 1.807) is 0 Å². The molecule has 2 atom stereocenters. The van der Waals surface area contributed by atoms with Crippen molar-refractivity contribution in [3.8, 4) is 0 Å². The van der Waals surface area contributed by atoms with Gasteiger partial charge in [0.05, 0.1) is 5.60 Å². The molecule has 0 saturated heterocycles. The molecule has 0 fully saturated rings. The summed E-state index contributed by atoms with van der Waals surface area (Å²) in [5, 5.41) is 3.33. The van der Waals surface area contributed by atoms with E-state index in [4.69, 9.17) is 4.74 Å². The SMILES string of the molecule is CNC(C)(OC(C)(C)C(C)CCC(C)C)C(C)C. The van der Waals surface area contributed by atoms with E-state index in [0.717, 1.165) is 5.92 Å². The first kappa shape index (κ1) is 17.9. The Labute approximate surface area is 115 Å². The Kier molecular flexibility index (Phi) is 6.87. The Bertz CT molecular complexity index is 235. The third-order valence-corrected chi connectivity index (χ3v) is 4.44. The molecular formula is C16H35NO. The molecule has 2 unspecified atom stereocenters. The lowest BCUT2D eigenvalue weighted by Gasteiger charge is -2.44. The van der Waals surface area contributed by atoms with Crippen LogP contribution in [0.2, 0.25) is 0 Å². The average Bonchev–Trinajstić information content (AvgIpc) is 2.24. The van der Waals surface area contributed by atoms with Crippen molar-refractivity contribution in [3.05, 3.63) is 0 Å². The van der Waals surface area contributed by atoms with E-state index < -0.39 is 0 Å². The highest BCUT2D eigenvalue weighted by Crippen LogP contribution is 2.32. The Morgan fingerprint density at radius 3 is 1.78 bits per heavy atom. The van der Waals surface area contributed by atoms with Crippen LogP contribution in [0, 0.1) is 17.8 Å². The lowest BCUT2D eigenvalue weighted by Crippen LogP contribution is -2.53. The van der Waals surface area contributed by atoms with Gasteiger partial charge in [-0.1, -0.05) is 41.0 Å². The lowest BCUT2D eigenvalue weighted by molar-refractivity contribution is -0.187. The zero-order valence-corrected chi connectivity index (χ0v) is 14.1. The second-order valence-corrected chi connectivity index (χ2v) is 7.09. The fraction of sp³-hybridized carbons (Fsp3) is 1.00. The summed E-state index contributed by atoms with van der Waals surface area (Å²) in [5.41, 5.74) is -0.355. The van der Waals surface area contributed by atoms with Crippen LogP contribution in [0.5, 0.6) is 0 Å². The normalized spacial score (nSPS) is 18.2. The van der Waals surface area contributed by atoms with Gasteiger partial charge < -0.3 is 4.74 Å². The van der Waals surface area contributed by atoms with Crippen molar-refractivity contribution in [2.45, 2.75) is 79.6 Å². The van der Waals surface area contributed by atoms with Gasteiger partial charge in [0.1, 0.15) is 5.72 Å². The monoisotopic (exact) mass is 257 g/mol. The minimum atomic E-state index is -0.254. The van der Waals surface area contributed by atoms with Crippen LogP contribution in [-0.4, -0.2) is 18.4 Å². The molecule has 0 heterocycles. The first-order valence-corrected chi connectivity index (χ1v) is 7.44. The predicted octanol–water partition coefficient (Wildman–Crippen LogP) is 4.45. The molecule has 0 spiro atoms. The molecule has 0 rings (SSSR count). The van der Waals surface area contributed by atoms with Gasteiger partial charge in [0, 0.05) is 0 Å². The van der Waals surface area contributed by atoms with Crippen LogP contribution in [0.4, 0.5) is 0 Å². The molecule has 2 nitrogen and oxygen atoms in total. The fourth-order valence-corrected chi connectivity index (χ4v) is 2.04. The van der Waals surface area contributed by atoms with Gasteiger partial charge in [-0.3, -0.25) is 5.32 Å². The highest BCUT2D eigenvalue weighted by atomic mass is 16.5. The van der Waals surface area contributed by atoms with Gasteiger partial charge in [0.25, 0.3) is 0 Å². The van der Waals surface area contributed by atoms with Crippen LogP contribution < -0.4 is 5.32 Å². The van der Waals surface area contributed by atoms with Gasteiger partial charge in [-0.05, 0) is 52.0 Å². The molecule has 1 N–H and O–H groups in total. The Balaban J connectivity index is 4.61. The average molecular weight is 257 g/mol. The Morgan fingerprint density at radius 2 is 1.44 bits per heavy atom. The molecule has 0 radical (unpaired) electrons. The van der Waals surface area contributed by atoms with Crippen molar-refractivity contribution in [2.24, 2.45) is 17.8 Å². The largest absolute Gasteiger partial charge is 0.355 e. The minimum Gasteiger partial charge on any atom is -0.355 e. The Morgan fingerprint density at radius 1 is 0.944 bits per heavy atom. The first-order chi connectivity index (χ1) is 8.05. The van der Waals surface area contributed by atoms with Crippen LogP contribution in [0.25, 0.3) is 0 Å². The quantitative estimate of drug-likeness (QED) is 0.649. The number of hydrogen-bond acceptors (Lipinski definition) is 2. The molecule has 0 aliphatic rings. The van der Waals surface area contributed by atoms with Crippen molar-refractivity contribution in [3.63, 3.8) is 0 Å². The summed E-state index contributed by atoms with van der Waals surface area (Å²) < 4.78 is 6.42. The second kappa shape index (κ2) is 6.91. The predicted molar refractivity (Wildman–Crippen MR) is 80.7 cm³/mol. The van der Waals surface area contributed by atoms with E-state index in [0.29, 0.717) is 11.8 Å². The van der Waals surface area contributed by atoms with Crippen LogP contribution in [0.3, 0.4) is 0 Å². The van der Waals surface area contributed by atoms with Crippen LogP contribution in [0.15, 0.2) is 0 Å². The van der Waals surface area contributed by atoms with Gasteiger partial charge >= 0.3 is 0 Å². The summed E-state index contributed by atoms with van der Waals surface area (Å²) >= 11 is 0. The molecule has 0 amide bonds. The lowest BCUT2D eigenvalue weighted by atomic mass is 9.85. The molecular weight excluding hydrogens is 222 g/mol. The van der Waals surface area contributed by atoms with Crippen molar-refractivity contribution in [1.29, 1.82) is 0 Å². The molecule has 2 heteroatoms. The van der Waals surface area contributed by atoms with E-state index >= 15 is 0 Å². The minimum absolute atomic E-state index is 0.100. The number of hydrogen-bond donors (Lipinski definition) is 1. The maximum absolute atomic E-state index is 6.42. The molecule has 110 valence electrons. The maximum Gasteiger partial charge on any atom is 0.119 e. The van der Waals surface area contributed by atoms with E-state index in [2.05, 4.69) is 60.7 Å². The van der Waals surface area contributed by atoms with E-state index in [9.17, 15) is 0 Å². The van der Waals surface area contributed by atoms with Crippen LogP contribution in [0.1, 0.15) is 68.2 Å². The molecule has 0 saturated carbocycles. The molecule has 0 aliphatic carbocycles. The fourth-order valence-electron chi connectivity index (χ4n) is 2.04. The van der Waals surface area contributed by atoms with Gasteiger partial charge in [0.2, 0.25) is 0 Å². The smallest absolute Gasteiger partial charge is 0.119 e. The van der Waals surface area contributed by atoms with Gasteiger partial charge in [-0.25, -0.2) is 0 Å². The molecule has 0 aromatic carbocycles. The van der Waals surface area contributed by atoms with Crippen LogP contribution >= 0.6 is 0 Å². The van der Waals surface area contributed by atoms with Crippen molar-refractivity contribution < 1.29 is 4.74 Å².